The Morgan fingerprint density at radius 1 is 1.82 bits per heavy atom. The van der Waals surface area contributed by atoms with E-state index in [0.717, 1.165) is 24.8 Å². The first-order chi connectivity index (χ1) is 5.25. The van der Waals surface area contributed by atoms with Gasteiger partial charge in [0.25, 0.3) is 0 Å². The maximum absolute atomic E-state index is 10.6. The molecule has 0 heterocycles. The van der Waals surface area contributed by atoms with Crippen molar-refractivity contribution in [2.45, 2.75) is 19.3 Å². The van der Waals surface area contributed by atoms with Gasteiger partial charge < -0.3 is 10.8 Å². The molecule has 0 spiro atoms. The zero-order valence-electron chi connectivity index (χ0n) is 6.42. The second-order valence-electron chi connectivity index (χ2n) is 2.80. The third kappa shape index (κ3) is 1.80. The molecule has 3 heteroatoms. The Balaban J connectivity index is 2.65. The van der Waals surface area contributed by atoms with Crippen LogP contribution in [0.5, 0.6) is 0 Å². The van der Waals surface area contributed by atoms with E-state index >= 15 is 0 Å². The van der Waals surface area contributed by atoms with Gasteiger partial charge in [-0.1, -0.05) is 11.6 Å². The minimum absolute atomic E-state index is 0.251. The average Bonchev–Trinajstić information content (AvgIpc) is 2.36. The number of carbonyl (C=O) groups is 1. The molecule has 0 aromatic heterocycles. The maximum Gasteiger partial charge on any atom is 0.310 e. The molecule has 1 aliphatic carbocycles. The molecule has 0 amide bonds. The van der Waals surface area contributed by atoms with Gasteiger partial charge in [-0.05, 0) is 19.3 Å². The summed E-state index contributed by atoms with van der Waals surface area (Å²) in [5.74, 6) is -0.958. The minimum Gasteiger partial charge on any atom is -0.481 e. The van der Waals surface area contributed by atoms with Crippen molar-refractivity contribution in [3.63, 3.8) is 0 Å². The molecule has 3 N–H and O–H groups in total. The van der Waals surface area contributed by atoms with Gasteiger partial charge in [0.2, 0.25) is 0 Å². The molecular formula is C8H13NO2. The highest BCUT2D eigenvalue weighted by Crippen LogP contribution is 2.30. The zero-order valence-corrected chi connectivity index (χ0v) is 6.42. The summed E-state index contributed by atoms with van der Waals surface area (Å²) < 4.78 is 0. The molecule has 11 heavy (non-hydrogen) atoms. The smallest absolute Gasteiger partial charge is 0.310 e. The molecule has 1 aliphatic rings. The number of hydrogen-bond donors (Lipinski definition) is 2. The number of rotatable bonds is 2. The van der Waals surface area contributed by atoms with Crippen LogP contribution >= 0.6 is 0 Å². The summed E-state index contributed by atoms with van der Waals surface area (Å²) in [6.07, 6.45) is 4.52. The molecule has 1 atom stereocenters. The van der Waals surface area contributed by atoms with Gasteiger partial charge in [-0.25, -0.2) is 0 Å². The average molecular weight is 155 g/mol. The van der Waals surface area contributed by atoms with Crippen LogP contribution in [0.15, 0.2) is 11.6 Å². The monoisotopic (exact) mass is 155 g/mol. The Morgan fingerprint density at radius 3 is 3.09 bits per heavy atom. The second kappa shape index (κ2) is 3.53. The summed E-state index contributed by atoms with van der Waals surface area (Å²) in [7, 11) is 0. The van der Waals surface area contributed by atoms with E-state index in [1.54, 1.807) is 0 Å². The maximum atomic E-state index is 10.6. The van der Waals surface area contributed by atoms with Crippen molar-refractivity contribution in [2.24, 2.45) is 11.7 Å². The topological polar surface area (TPSA) is 63.3 Å². The van der Waals surface area contributed by atoms with E-state index in [1.165, 1.54) is 0 Å². The number of nitrogens with two attached hydrogens (primary N) is 1. The van der Waals surface area contributed by atoms with Crippen molar-refractivity contribution in [3.05, 3.63) is 11.6 Å². The van der Waals surface area contributed by atoms with Crippen LogP contribution < -0.4 is 5.73 Å². The quantitative estimate of drug-likeness (QED) is 0.578. The van der Waals surface area contributed by atoms with Gasteiger partial charge in [-0.3, -0.25) is 4.79 Å². The fourth-order valence-electron chi connectivity index (χ4n) is 1.55. The summed E-state index contributed by atoms with van der Waals surface area (Å²) in [4.78, 5) is 10.6. The van der Waals surface area contributed by atoms with Gasteiger partial charge in [0.1, 0.15) is 0 Å². The minimum atomic E-state index is -0.706. The normalized spacial score (nSPS) is 27.7. The van der Waals surface area contributed by atoms with Crippen LogP contribution in [0, 0.1) is 5.92 Å². The fourth-order valence-corrected chi connectivity index (χ4v) is 1.55. The molecule has 1 saturated carbocycles. The summed E-state index contributed by atoms with van der Waals surface area (Å²) in [5.41, 5.74) is 6.32. The summed E-state index contributed by atoms with van der Waals surface area (Å²) in [5, 5.41) is 8.73. The van der Waals surface area contributed by atoms with Crippen LogP contribution in [0.3, 0.4) is 0 Å². The molecule has 0 radical (unpaired) electrons. The van der Waals surface area contributed by atoms with Crippen molar-refractivity contribution in [1.29, 1.82) is 0 Å². The van der Waals surface area contributed by atoms with E-state index in [-0.39, 0.29) is 5.92 Å². The van der Waals surface area contributed by atoms with E-state index in [0.29, 0.717) is 6.54 Å². The first-order valence-electron chi connectivity index (χ1n) is 3.87. The fraction of sp³-hybridized carbons (Fsp3) is 0.625. The predicted octanol–water partition coefficient (Wildman–Crippen LogP) is 0.756. The van der Waals surface area contributed by atoms with Crippen molar-refractivity contribution in [3.8, 4) is 0 Å². The Hall–Kier alpha value is -0.830. The van der Waals surface area contributed by atoms with Crippen LogP contribution in [0.1, 0.15) is 19.3 Å². The molecule has 3 nitrogen and oxygen atoms in total. The van der Waals surface area contributed by atoms with Crippen molar-refractivity contribution >= 4 is 5.97 Å². The van der Waals surface area contributed by atoms with Gasteiger partial charge in [0, 0.05) is 6.54 Å². The lowest BCUT2D eigenvalue weighted by molar-refractivity contribution is -0.140. The van der Waals surface area contributed by atoms with Gasteiger partial charge >= 0.3 is 5.97 Å². The first-order valence-corrected chi connectivity index (χ1v) is 3.87. The van der Waals surface area contributed by atoms with Crippen LogP contribution in [0.2, 0.25) is 0 Å². The van der Waals surface area contributed by atoms with Crippen LogP contribution in [-0.4, -0.2) is 17.6 Å². The zero-order chi connectivity index (χ0) is 8.27. The number of aliphatic carboxylic acids is 1. The van der Waals surface area contributed by atoms with E-state index in [4.69, 9.17) is 10.8 Å². The highest BCUT2D eigenvalue weighted by atomic mass is 16.4. The molecule has 1 rings (SSSR count). The SMILES string of the molecule is NC/C=C1\CCCC1C(=O)O. The summed E-state index contributed by atoms with van der Waals surface area (Å²) >= 11 is 0. The molecule has 62 valence electrons. The van der Waals surface area contributed by atoms with Crippen molar-refractivity contribution < 1.29 is 9.90 Å². The lowest BCUT2D eigenvalue weighted by Gasteiger charge is -2.04. The Bertz CT molecular complexity index is 187. The lowest BCUT2D eigenvalue weighted by atomic mass is 10.0. The van der Waals surface area contributed by atoms with E-state index in [2.05, 4.69) is 0 Å². The second-order valence-corrected chi connectivity index (χ2v) is 2.80. The Labute approximate surface area is 65.9 Å². The van der Waals surface area contributed by atoms with Crippen molar-refractivity contribution in [1.82, 2.24) is 0 Å². The molecule has 1 fully saturated rings. The molecule has 0 aromatic carbocycles. The highest BCUT2D eigenvalue weighted by Gasteiger charge is 2.26. The van der Waals surface area contributed by atoms with Gasteiger partial charge in [-0.2, -0.15) is 0 Å². The molecular weight excluding hydrogens is 142 g/mol. The molecule has 0 saturated heterocycles. The van der Waals surface area contributed by atoms with Gasteiger partial charge in [0.05, 0.1) is 5.92 Å². The molecule has 1 unspecified atom stereocenters. The van der Waals surface area contributed by atoms with E-state index < -0.39 is 5.97 Å². The summed E-state index contributed by atoms with van der Waals surface area (Å²) in [6, 6.07) is 0. The Morgan fingerprint density at radius 2 is 2.55 bits per heavy atom. The van der Waals surface area contributed by atoms with Gasteiger partial charge in [-0.15, -0.1) is 0 Å². The third-order valence-electron chi connectivity index (χ3n) is 2.08. The lowest BCUT2D eigenvalue weighted by Crippen LogP contribution is -2.12. The van der Waals surface area contributed by atoms with E-state index in [1.807, 2.05) is 6.08 Å². The molecule has 0 aliphatic heterocycles. The summed E-state index contributed by atoms with van der Waals surface area (Å²) in [6.45, 7) is 0.457. The number of carboxylic acids is 1. The number of carboxylic acid groups (broad SMARTS) is 1. The van der Waals surface area contributed by atoms with E-state index in [9.17, 15) is 4.79 Å². The highest BCUT2D eigenvalue weighted by molar-refractivity contribution is 5.74. The first kappa shape index (κ1) is 8.27. The third-order valence-corrected chi connectivity index (χ3v) is 2.08. The number of hydrogen-bond acceptors (Lipinski definition) is 2. The molecule has 0 aromatic rings. The predicted molar refractivity (Wildman–Crippen MR) is 42.1 cm³/mol. The standard InChI is InChI=1S/C8H13NO2/c9-5-4-6-2-1-3-7(6)8(10)11/h4,7H,1-3,5,9H2,(H,10,11)/b6-4+. The van der Waals surface area contributed by atoms with Crippen molar-refractivity contribution in [2.75, 3.05) is 6.54 Å². The van der Waals surface area contributed by atoms with Crippen LogP contribution in [0.25, 0.3) is 0 Å². The van der Waals surface area contributed by atoms with Gasteiger partial charge in [0.15, 0.2) is 0 Å². The Kier molecular flexibility index (Phi) is 2.65. The largest absolute Gasteiger partial charge is 0.481 e. The molecule has 0 bridgehead atoms. The van der Waals surface area contributed by atoms with Crippen LogP contribution in [-0.2, 0) is 4.79 Å². The van der Waals surface area contributed by atoms with Crippen LogP contribution in [0.4, 0.5) is 0 Å².